The Balaban J connectivity index is 1.78. The lowest BCUT2D eigenvalue weighted by Gasteiger charge is -2.26. The number of hydrogen-bond donors (Lipinski definition) is 1. The van der Waals surface area contributed by atoms with Gasteiger partial charge in [0.25, 0.3) is 11.7 Å². The number of ether oxygens (including phenoxy) is 3. The summed E-state index contributed by atoms with van der Waals surface area (Å²) in [5.74, 6) is 0.546. The van der Waals surface area contributed by atoms with Crippen LogP contribution in [0.5, 0.6) is 17.2 Å². The molecule has 1 saturated heterocycles. The highest BCUT2D eigenvalue weighted by molar-refractivity contribution is 6.46. The van der Waals surface area contributed by atoms with Crippen molar-refractivity contribution in [2.45, 2.75) is 46.1 Å². The molecule has 0 bridgehead atoms. The first kappa shape index (κ1) is 28.7. The van der Waals surface area contributed by atoms with E-state index in [1.807, 2.05) is 82.3 Å². The first-order chi connectivity index (χ1) is 19.2. The van der Waals surface area contributed by atoms with Crippen molar-refractivity contribution in [2.75, 3.05) is 27.4 Å². The summed E-state index contributed by atoms with van der Waals surface area (Å²) >= 11 is 0. The Morgan fingerprint density at radius 2 is 1.68 bits per heavy atom. The molecule has 1 aliphatic rings. The second-order valence-corrected chi connectivity index (χ2v) is 10.2. The van der Waals surface area contributed by atoms with E-state index in [2.05, 4.69) is 0 Å². The Bertz CT molecular complexity index is 1440. The van der Waals surface area contributed by atoms with E-state index in [1.54, 1.807) is 25.2 Å². The average Bonchev–Trinajstić information content (AvgIpc) is 3.20. The van der Waals surface area contributed by atoms with E-state index in [-0.39, 0.29) is 23.8 Å². The number of aryl methyl sites for hydroxylation is 1. The largest absolute Gasteiger partial charge is 0.507 e. The number of ketones is 1. The first-order valence-corrected chi connectivity index (χ1v) is 13.5. The normalized spacial score (nSPS) is 16.5. The highest BCUT2D eigenvalue weighted by atomic mass is 16.5. The van der Waals surface area contributed by atoms with Gasteiger partial charge in [-0.25, -0.2) is 0 Å². The minimum absolute atomic E-state index is 0.0850. The van der Waals surface area contributed by atoms with Crippen molar-refractivity contribution < 1.29 is 28.9 Å². The molecule has 0 aliphatic carbocycles. The van der Waals surface area contributed by atoms with Crippen molar-refractivity contribution in [3.63, 3.8) is 0 Å². The van der Waals surface area contributed by atoms with Crippen LogP contribution in [0.4, 0.5) is 0 Å². The van der Waals surface area contributed by atoms with Gasteiger partial charge in [0.1, 0.15) is 11.5 Å². The van der Waals surface area contributed by atoms with E-state index in [1.165, 1.54) is 0 Å². The number of nitrogens with zero attached hydrogens (tertiary/aromatic N) is 1. The number of likely N-dealkylation sites (tertiary alicyclic amines) is 1. The van der Waals surface area contributed by atoms with Crippen molar-refractivity contribution in [1.29, 1.82) is 0 Å². The predicted molar refractivity (Wildman–Crippen MR) is 155 cm³/mol. The van der Waals surface area contributed by atoms with Gasteiger partial charge in [-0.05, 0) is 73.2 Å². The monoisotopic (exact) mass is 543 g/mol. The van der Waals surface area contributed by atoms with Gasteiger partial charge in [-0.2, -0.15) is 0 Å². The highest BCUT2D eigenvalue weighted by Crippen LogP contribution is 2.41. The average molecular weight is 544 g/mol. The molecule has 0 radical (unpaired) electrons. The van der Waals surface area contributed by atoms with Gasteiger partial charge < -0.3 is 24.2 Å². The zero-order chi connectivity index (χ0) is 29.0. The lowest BCUT2D eigenvalue weighted by atomic mass is 9.92. The fraction of sp³-hybridized carbons (Fsp3) is 0.333. The van der Waals surface area contributed by atoms with Crippen molar-refractivity contribution in [2.24, 2.45) is 0 Å². The number of aliphatic hydroxyl groups is 1. The third kappa shape index (κ3) is 5.69. The second kappa shape index (κ2) is 12.3. The van der Waals surface area contributed by atoms with Crippen molar-refractivity contribution in [1.82, 2.24) is 4.90 Å². The molecule has 1 unspecified atom stereocenters. The molecular formula is C33H37NO6. The lowest BCUT2D eigenvalue weighted by molar-refractivity contribution is -0.139. The molecule has 0 aromatic heterocycles. The molecule has 40 heavy (non-hydrogen) atoms. The van der Waals surface area contributed by atoms with Gasteiger partial charge in [0.15, 0.2) is 11.5 Å². The van der Waals surface area contributed by atoms with Crippen LogP contribution < -0.4 is 14.2 Å². The van der Waals surface area contributed by atoms with Crippen molar-refractivity contribution in [3.05, 3.63) is 94.1 Å². The lowest BCUT2D eigenvalue weighted by Crippen LogP contribution is -2.31. The Morgan fingerprint density at radius 1 is 0.950 bits per heavy atom. The number of aliphatic hydroxyl groups excluding tert-OH is 1. The summed E-state index contributed by atoms with van der Waals surface area (Å²) in [6, 6.07) is 17.9. The van der Waals surface area contributed by atoms with Crippen LogP contribution in [0, 0.1) is 6.92 Å². The number of carbonyl (C=O) groups is 2. The number of Topliss-reactive ketones (excluding diaryl/α,β-unsaturated/α-hetero) is 1. The Kier molecular flexibility index (Phi) is 8.83. The van der Waals surface area contributed by atoms with Crippen LogP contribution in [0.3, 0.4) is 0 Å². The molecule has 0 spiro atoms. The van der Waals surface area contributed by atoms with Crippen LogP contribution in [0.2, 0.25) is 0 Å². The van der Waals surface area contributed by atoms with E-state index in [0.717, 1.165) is 28.0 Å². The molecule has 1 heterocycles. The summed E-state index contributed by atoms with van der Waals surface area (Å²) in [5, 5.41) is 11.6. The number of amides is 1. The summed E-state index contributed by atoms with van der Waals surface area (Å²) in [6.07, 6.45) is 0.482. The number of methoxy groups -OCH3 is 2. The summed E-state index contributed by atoms with van der Waals surface area (Å²) in [7, 11) is 3.15. The fourth-order valence-corrected chi connectivity index (χ4v) is 5.17. The van der Waals surface area contributed by atoms with E-state index in [4.69, 9.17) is 14.2 Å². The molecule has 3 aromatic carbocycles. The van der Waals surface area contributed by atoms with Crippen LogP contribution in [0.1, 0.15) is 60.5 Å². The fourth-order valence-electron chi connectivity index (χ4n) is 5.17. The van der Waals surface area contributed by atoms with Crippen molar-refractivity contribution in [3.8, 4) is 17.2 Å². The SMILES string of the molecule is CCOc1ccc(/C(O)=C2/C(=O)C(=O)N(CCc3ccc(OC)c(OC)c3)C2c2cccc(C)c2)cc1C(C)C. The molecule has 4 rings (SSSR count). The molecule has 7 heteroatoms. The molecule has 3 aromatic rings. The van der Waals surface area contributed by atoms with Gasteiger partial charge in [-0.15, -0.1) is 0 Å². The van der Waals surface area contributed by atoms with Crippen LogP contribution in [0.25, 0.3) is 5.76 Å². The van der Waals surface area contributed by atoms with Crippen LogP contribution in [0.15, 0.2) is 66.2 Å². The van der Waals surface area contributed by atoms with Gasteiger partial charge in [0.05, 0.1) is 32.4 Å². The Morgan fingerprint density at radius 3 is 2.33 bits per heavy atom. The number of benzene rings is 3. The van der Waals surface area contributed by atoms with Gasteiger partial charge in [-0.3, -0.25) is 9.59 Å². The molecule has 1 N–H and O–H groups in total. The molecule has 1 fully saturated rings. The molecule has 0 saturated carbocycles. The summed E-state index contributed by atoms with van der Waals surface area (Å²) in [4.78, 5) is 28.5. The maximum absolute atomic E-state index is 13.5. The van der Waals surface area contributed by atoms with Gasteiger partial charge in [-0.1, -0.05) is 49.7 Å². The summed E-state index contributed by atoms with van der Waals surface area (Å²) in [5.41, 5.74) is 4.16. The van der Waals surface area contributed by atoms with E-state index >= 15 is 0 Å². The number of hydrogen-bond acceptors (Lipinski definition) is 6. The maximum Gasteiger partial charge on any atom is 0.295 e. The predicted octanol–water partition coefficient (Wildman–Crippen LogP) is 6.20. The van der Waals surface area contributed by atoms with Gasteiger partial charge in [0.2, 0.25) is 0 Å². The minimum Gasteiger partial charge on any atom is -0.507 e. The first-order valence-electron chi connectivity index (χ1n) is 13.5. The topological polar surface area (TPSA) is 85.3 Å². The Hall–Kier alpha value is -4.26. The van der Waals surface area contributed by atoms with Crippen LogP contribution in [-0.4, -0.2) is 49.1 Å². The molecule has 210 valence electrons. The highest BCUT2D eigenvalue weighted by Gasteiger charge is 2.46. The van der Waals surface area contributed by atoms with Crippen LogP contribution >= 0.6 is 0 Å². The quantitative estimate of drug-likeness (QED) is 0.186. The minimum atomic E-state index is -0.728. The number of rotatable bonds is 10. The third-order valence-corrected chi connectivity index (χ3v) is 7.19. The third-order valence-electron chi connectivity index (χ3n) is 7.19. The molecule has 1 amide bonds. The van der Waals surface area contributed by atoms with Crippen molar-refractivity contribution >= 4 is 17.4 Å². The van der Waals surface area contributed by atoms with E-state index in [9.17, 15) is 14.7 Å². The Labute approximate surface area is 236 Å². The van der Waals surface area contributed by atoms with Gasteiger partial charge >= 0.3 is 0 Å². The summed E-state index contributed by atoms with van der Waals surface area (Å²) < 4.78 is 16.5. The zero-order valence-corrected chi connectivity index (χ0v) is 24.0. The number of carbonyl (C=O) groups excluding carboxylic acids is 2. The zero-order valence-electron chi connectivity index (χ0n) is 24.0. The van der Waals surface area contributed by atoms with Gasteiger partial charge in [0, 0.05) is 12.1 Å². The summed E-state index contributed by atoms with van der Waals surface area (Å²) in [6.45, 7) is 8.76. The van der Waals surface area contributed by atoms with Crippen LogP contribution in [-0.2, 0) is 16.0 Å². The molecule has 1 atom stereocenters. The molecule has 1 aliphatic heterocycles. The van der Waals surface area contributed by atoms with E-state index < -0.39 is 17.7 Å². The molecular weight excluding hydrogens is 506 g/mol. The van der Waals surface area contributed by atoms with E-state index in [0.29, 0.717) is 30.1 Å². The standard InChI is InChI=1S/C33H37NO6/c1-7-40-26-14-12-24(19-25(26)20(2)3)31(35)29-30(23-10-8-9-21(4)17-23)34(33(37)32(29)36)16-15-22-11-13-27(38-5)28(18-22)39-6/h8-14,17-20,30,35H,7,15-16H2,1-6H3/b31-29-. The maximum atomic E-state index is 13.5. The smallest absolute Gasteiger partial charge is 0.295 e. The molecule has 7 nitrogen and oxygen atoms in total. The second-order valence-electron chi connectivity index (χ2n) is 10.2.